The van der Waals surface area contributed by atoms with Gasteiger partial charge in [0.15, 0.2) is 0 Å². The van der Waals surface area contributed by atoms with Gasteiger partial charge in [-0.2, -0.15) is 0 Å². The van der Waals surface area contributed by atoms with E-state index in [1.165, 1.54) is 27.5 Å². The number of nitrogens with zero attached hydrogens (tertiary/aromatic N) is 2. The SMILES string of the molecule is Cc1ccc(-c2nc3ccccc3n3c2c(C)c2ccccc23)cc1. The van der Waals surface area contributed by atoms with Gasteiger partial charge in [0.05, 0.1) is 27.8 Å². The second-order valence-electron chi connectivity index (χ2n) is 6.64. The number of fused-ring (bicyclic) bond motifs is 5. The van der Waals surface area contributed by atoms with E-state index in [1.54, 1.807) is 0 Å². The number of para-hydroxylation sites is 3. The number of rotatable bonds is 1. The Labute approximate surface area is 146 Å². The lowest BCUT2D eigenvalue weighted by Gasteiger charge is -2.10. The van der Waals surface area contributed by atoms with Crippen LogP contribution in [0.4, 0.5) is 0 Å². The second kappa shape index (κ2) is 5.18. The summed E-state index contributed by atoms with van der Waals surface area (Å²) in [5.41, 5.74) is 9.36. The smallest absolute Gasteiger partial charge is 0.0953 e. The molecule has 0 atom stereocenters. The highest BCUT2D eigenvalue weighted by atomic mass is 15.0. The first-order valence-electron chi connectivity index (χ1n) is 8.59. The van der Waals surface area contributed by atoms with Crippen LogP contribution < -0.4 is 0 Å². The fourth-order valence-electron chi connectivity index (χ4n) is 3.77. The zero-order chi connectivity index (χ0) is 17.0. The molecule has 0 radical (unpaired) electrons. The molecule has 0 aliphatic heterocycles. The van der Waals surface area contributed by atoms with Gasteiger partial charge in [-0.1, -0.05) is 60.2 Å². The van der Waals surface area contributed by atoms with Gasteiger partial charge in [-0.3, -0.25) is 0 Å². The summed E-state index contributed by atoms with van der Waals surface area (Å²) in [4.78, 5) is 5.04. The van der Waals surface area contributed by atoms with E-state index >= 15 is 0 Å². The van der Waals surface area contributed by atoms with E-state index in [-0.39, 0.29) is 0 Å². The molecule has 2 heterocycles. The summed E-state index contributed by atoms with van der Waals surface area (Å²) in [5, 5.41) is 1.29. The number of aromatic nitrogens is 2. The maximum absolute atomic E-state index is 5.04. The van der Waals surface area contributed by atoms with Gasteiger partial charge < -0.3 is 4.40 Å². The zero-order valence-corrected chi connectivity index (χ0v) is 14.3. The highest BCUT2D eigenvalue weighted by Gasteiger charge is 2.16. The van der Waals surface area contributed by atoms with Gasteiger partial charge in [0.25, 0.3) is 0 Å². The molecule has 0 unspecified atom stereocenters. The number of hydrogen-bond donors (Lipinski definition) is 0. The molecule has 5 aromatic rings. The summed E-state index contributed by atoms with van der Waals surface area (Å²) in [6, 6.07) is 25.6. The topological polar surface area (TPSA) is 17.3 Å². The Morgan fingerprint density at radius 2 is 1.40 bits per heavy atom. The van der Waals surface area contributed by atoms with Crippen molar-refractivity contribution in [2.24, 2.45) is 0 Å². The molecule has 0 aliphatic rings. The quantitative estimate of drug-likeness (QED) is 0.374. The van der Waals surface area contributed by atoms with Crippen LogP contribution >= 0.6 is 0 Å². The molecule has 0 bridgehead atoms. The molecular formula is C23H18N2. The first-order chi connectivity index (χ1) is 12.2. The van der Waals surface area contributed by atoms with E-state index in [9.17, 15) is 0 Å². The zero-order valence-electron chi connectivity index (χ0n) is 14.3. The molecule has 0 spiro atoms. The minimum absolute atomic E-state index is 1.02. The fourth-order valence-corrected chi connectivity index (χ4v) is 3.77. The summed E-state index contributed by atoms with van der Waals surface area (Å²) in [7, 11) is 0. The van der Waals surface area contributed by atoms with Crippen LogP contribution in [0.15, 0.2) is 72.8 Å². The highest BCUT2D eigenvalue weighted by molar-refractivity contribution is 6.01. The molecule has 0 fully saturated rings. The van der Waals surface area contributed by atoms with E-state index < -0.39 is 0 Å². The predicted octanol–water partition coefficient (Wildman–Crippen LogP) is 5.92. The average Bonchev–Trinajstić information content (AvgIpc) is 2.96. The van der Waals surface area contributed by atoms with Crippen LogP contribution in [0.5, 0.6) is 0 Å². The highest BCUT2D eigenvalue weighted by Crippen LogP contribution is 2.35. The molecule has 2 aromatic heterocycles. The van der Waals surface area contributed by atoms with E-state index in [0.29, 0.717) is 0 Å². The second-order valence-corrected chi connectivity index (χ2v) is 6.64. The Bertz CT molecular complexity index is 1240. The predicted molar refractivity (Wildman–Crippen MR) is 105 cm³/mol. The van der Waals surface area contributed by atoms with E-state index in [2.05, 4.69) is 91.0 Å². The van der Waals surface area contributed by atoms with Crippen molar-refractivity contribution >= 4 is 27.5 Å². The average molecular weight is 322 g/mol. The minimum Gasteiger partial charge on any atom is -0.305 e. The van der Waals surface area contributed by atoms with Crippen molar-refractivity contribution in [3.8, 4) is 11.3 Å². The van der Waals surface area contributed by atoms with E-state index in [4.69, 9.17) is 4.98 Å². The number of aryl methyl sites for hydroxylation is 2. The van der Waals surface area contributed by atoms with Crippen LogP contribution in [0.25, 0.3) is 38.7 Å². The first-order valence-corrected chi connectivity index (χ1v) is 8.59. The molecule has 0 amide bonds. The molecule has 2 nitrogen and oxygen atoms in total. The molecular weight excluding hydrogens is 304 g/mol. The van der Waals surface area contributed by atoms with Crippen LogP contribution in [0.1, 0.15) is 11.1 Å². The van der Waals surface area contributed by atoms with E-state index in [0.717, 1.165) is 22.3 Å². The van der Waals surface area contributed by atoms with Crippen LogP contribution in [-0.2, 0) is 0 Å². The van der Waals surface area contributed by atoms with Crippen molar-refractivity contribution in [2.75, 3.05) is 0 Å². The van der Waals surface area contributed by atoms with Crippen LogP contribution in [0, 0.1) is 13.8 Å². The Kier molecular flexibility index (Phi) is 2.95. The van der Waals surface area contributed by atoms with Gasteiger partial charge in [0.1, 0.15) is 0 Å². The lowest BCUT2D eigenvalue weighted by Crippen LogP contribution is -1.96. The minimum atomic E-state index is 1.02. The van der Waals surface area contributed by atoms with Gasteiger partial charge in [-0.05, 0) is 37.6 Å². The normalized spacial score (nSPS) is 11.6. The van der Waals surface area contributed by atoms with Crippen LogP contribution in [0.3, 0.4) is 0 Å². The molecule has 0 saturated heterocycles. The van der Waals surface area contributed by atoms with E-state index in [1.807, 2.05) is 0 Å². The van der Waals surface area contributed by atoms with Gasteiger partial charge >= 0.3 is 0 Å². The third kappa shape index (κ3) is 2.01. The summed E-state index contributed by atoms with van der Waals surface area (Å²) >= 11 is 0. The van der Waals surface area contributed by atoms with Gasteiger partial charge in [0, 0.05) is 10.9 Å². The summed E-state index contributed by atoms with van der Waals surface area (Å²) in [6.45, 7) is 4.32. The Hall–Kier alpha value is -3.13. The standard InChI is InChI=1S/C23H18N2/c1-15-11-13-17(14-12-15)22-23-16(2)18-7-3-5-9-20(18)25(23)21-10-6-4-8-19(21)24-22/h3-14H,1-2H3. The molecule has 0 N–H and O–H groups in total. The van der Waals surface area contributed by atoms with Crippen molar-refractivity contribution in [1.29, 1.82) is 0 Å². The van der Waals surface area contributed by atoms with Crippen molar-refractivity contribution in [2.45, 2.75) is 13.8 Å². The molecule has 0 saturated carbocycles. The molecule has 25 heavy (non-hydrogen) atoms. The molecule has 3 aromatic carbocycles. The molecule has 2 heteroatoms. The van der Waals surface area contributed by atoms with Crippen LogP contribution in [0.2, 0.25) is 0 Å². The van der Waals surface area contributed by atoms with Crippen molar-refractivity contribution in [3.63, 3.8) is 0 Å². The third-order valence-electron chi connectivity index (χ3n) is 5.03. The maximum atomic E-state index is 5.04. The third-order valence-corrected chi connectivity index (χ3v) is 5.03. The molecule has 5 rings (SSSR count). The summed E-state index contributed by atoms with van der Waals surface area (Å²) in [6.07, 6.45) is 0. The Balaban J connectivity index is 2.05. The lowest BCUT2D eigenvalue weighted by atomic mass is 10.1. The maximum Gasteiger partial charge on any atom is 0.0953 e. The number of hydrogen-bond acceptors (Lipinski definition) is 1. The summed E-state index contributed by atoms with van der Waals surface area (Å²) in [5.74, 6) is 0. The summed E-state index contributed by atoms with van der Waals surface area (Å²) < 4.78 is 2.36. The monoisotopic (exact) mass is 322 g/mol. The molecule has 0 aliphatic carbocycles. The van der Waals surface area contributed by atoms with Gasteiger partial charge in [-0.15, -0.1) is 0 Å². The fraction of sp³-hybridized carbons (Fsp3) is 0.0870. The Morgan fingerprint density at radius 3 is 2.20 bits per heavy atom. The van der Waals surface area contributed by atoms with Crippen molar-refractivity contribution in [1.82, 2.24) is 9.38 Å². The van der Waals surface area contributed by atoms with Crippen LogP contribution in [-0.4, -0.2) is 9.38 Å². The van der Waals surface area contributed by atoms with Crippen molar-refractivity contribution in [3.05, 3.63) is 83.9 Å². The largest absolute Gasteiger partial charge is 0.305 e. The Morgan fingerprint density at radius 1 is 0.720 bits per heavy atom. The first kappa shape index (κ1) is 14.2. The molecule has 120 valence electrons. The lowest BCUT2D eigenvalue weighted by molar-refractivity contribution is 1.26. The van der Waals surface area contributed by atoms with Gasteiger partial charge in [0.2, 0.25) is 0 Å². The van der Waals surface area contributed by atoms with Crippen molar-refractivity contribution < 1.29 is 0 Å². The number of benzene rings is 3. The van der Waals surface area contributed by atoms with Gasteiger partial charge in [-0.25, -0.2) is 4.98 Å².